The van der Waals surface area contributed by atoms with Crippen LogP contribution >= 0.6 is 0 Å². The lowest BCUT2D eigenvalue weighted by molar-refractivity contribution is -0.152. The third kappa shape index (κ3) is 7.46. The molecule has 0 aliphatic rings. The molecule has 0 saturated carbocycles. The minimum atomic E-state index is -1.55. The van der Waals surface area contributed by atoms with Crippen LogP contribution in [-0.4, -0.2) is 48.2 Å². The summed E-state index contributed by atoms with van der Waals surface area (Å²) in [5, 5.41) is 5.95. The van der Waals surface area contributed by atoms with E-state index in [1.54, 1.807) is 39.8 Å². The van der Waals surface area contributed by atoms with Crippen LogP contribution in [0, 0.1) is 13.8 Å². The van der Waals surface area contributed by atoms with Gasteiger partial charge in [0.2, 0.25) is 0 Å². The van der Waals surface area contributed by atoms with Crippen LogP contribution in [0.3, 0.4) is 0 Å². The van der Waals surface area contributed by atoms with Gasteiger partial charge >= 0.3 is 11.9 Å². The molecule has 2 rings (SSSR count). The number of hydrogen-bond donors (Lipinski definition) is 2. The van der Waals surface area contributed by atoms with Crippen LogP contribution in [0.15, 0.2) is 24.3 Å². The van der Waals surface area contributed by atoms with E-state index in [-0.39, 0.29) is 46.7 Å². The van der Waals surface area contributed by atoms with E-state index in [2.05, 4.69) is 10.6 Å². The van der Waals surface area contributed by atoms with Crippen molar-refractivity contribution >= 4 is 46.4 Å². The molecule has 0 heterocycles. The van der Waals surface area contributed by atoms with E-state index in [0.717, 1.165) is 0 Å². The second-order valence-electron chi connectivity index (χ2n) is 9.17. The molecule has 0 unspecified atom stereocenters. The van der Waals surface area contributed by atoms with E-state index < -0.39 is 23.5 Å². The fourth-order valence-corrected chi connectivity index (χ4v) is 4.19. The Kier molecular flexibility index (Phi) is 11.3. The molecule has 0 amide bonds. The maximum Gasteiger partial charge on any atom is 0.387 e. The van der Waals surface area contributed by atoms with Gasteiger partial charge in [-0.05, 0) is 75.9 Å². The summed E-state index contributed by atoms with van der Waals surface area (Å²) in [7, 11) is 0. The van der Waals surface area contributed by atoms with Gasteiger partial charge in [0, 0.05) is 48.4 Å². The van der Waals surface area contributed by atoms with Gasteiger partial charge in [0.05, 0.1) is 11.1 Å². The molecular formula is C30H36N2O7. The zero-order chi connectivity index (χ0) is 29.3. The highest BCUT2D eigenvalue weighted by Gasteiger charge is 2.30. The quantitative estimate of drug-likeness (QED) is 0.143. The molecule has 0 aliphatic heterocycles. The van der Waals surface area contributed by atoms with Crippen LogP contribution in [0.5, 0.6) is 0 Å². The van der Waals surface area contributed by atoms with Crippen molar-refractivity contribution in [3.63, 3.8) is 0 Å². The number of carbonyl (C=O) groups is 6. The Bertz CT molecular complexity index is 1210. The molecule has 0 aromatic heterocycles. The van der Waals surface area contributed by atoms with Crippen molar-refractivity contribution in [2.24, 2.45) is 0 Å². The highest BCUT2D eigenvalue weighted by Crippen LogP contribution is 2.26. The van der Waals surface area contributed by atoms with Gasteiger partial charge in [0.25, 0.3) is 11.6 Å². The summed E-state index contributed by atoms with van der Waals surface area (Å²) in [4.78, 5) is 76.7. The van der Waals surface area contributed by atoms with E-state index in [1.165, 1.54) is 12.1 Å². The first-order valence-corrected chi connectivity index (χ1v) is 13.2. The Morgan fingerprint density at radius 3 is 1.26 bits per heavy atom. The first-order valence-electron chi connectivity index (χ1n) is 13.2. The van der Waals surface area contributed by atoms with Crippen molar-refractivity contribution in [1.82, 2.24) is 0 Å². The molecule has 0 radical (unpaired) electrons. The van der Waals surface area contributed by atoms with E-state index in [9.17, 15) is 28.8 Å². The minimum absolute atomic E-state index is 0.136. The van der Waals surface area contributed by atoms with Crippen molar-refractivity contribution in [2.45, 2.75) is 67.2 Å². The van der Waals surface area contributed by atoms with Crippen LogP contribution in [0.2, 0.25) is 0 Å². The number of esters is 2. The molecule has 39 heavy (non-hydrogen) atoms. The van der Waals surface area contributed by atoms with Gasteiger partial charge in [0.1, 0.15) is 0 Å². The second-order valence-corrected chi connectivity index (χ2v) is 9.17. The number of benzene rings is 2. The van der Waals surface area contributed by atoms with Crippen molar-refractivity contribution in [3.05, 3.63) is 57.6 Å². The average Bonchev–Trinajstić information content (AvgIpc) is 2.88. The molecule has 0 fully saturated rings. The number of Topliss-reactive ketones (excluding diaryl/α,β-unsaturated/α-hetero) is 4. The van der Waals surface area contributed by atoms with Crippen molar-refractivity contribution < 1.29 is 33.5 Å². The van der Waals surface area contributed by atoms with Crippen LogP contribution in [0.1, 0.15) is 106 Å². The standard InChI is InChI=1S/C30H36N2O7/c1-7-11-25(33)19-15-21(23(31-9-3)13-17(19)5)27(35)29(37)39-30(38)28(36)22-16-20(26(34)12-8-2)18(6)14-24(22)32-10-4/h13-16,31-32H,7-12H2,1-6H3. The maximum atomic E-state index is 13.1. The molecule has 2 aromatic rings. The Labute approximate surface area is 228 Å². The summed E-state index contributed by atoms with van der Waals surface area (Å²) in [6.07, 6.45) is 1.74. The highest BCUT2D eigenvalue weighted by atomic mass is 16.6. The number of nitrogens with one attached hydrogen (secondary N) is 2. The second kappa shape index (κ2) is 14.1. The largest absolute Gasteiger partial charge is 0.387 e. The number of hydrogen-bond acceptors (Lipinski definition) is 9. The third-order valence-corrected chi connectivity index (χ3v) is 6.06. The Morgan fingerprint density at radius 2 is 0.949 bits per heavy atom. The number of anilines is 2. The van der Waals surface area contributed by atoms with E-state index in [4.69, 9.17) is 4.74 Å². The number of ether oxygens (including phenoxy) is 1. The summed E-state index contributed by atoms with van der Waals surface area (Å²) < 4.78 is 4.70. The summed E-state index contributed by atoms with van der Waals surface area (Å²) in [6, 6.07) is 5.81. The number of rotatable bonds is 14. The van der Waals surface area contributed by atoms with E-state index in [0.29, 0.717) is 48.4 Å². The number of carbonyl (C=O) groups excluding carboxylic acids is 6. The maximum absolute atomic E-state index is 13.1. The molecule has 0 aliphatic carbocycles. The lowest BCUT2D eigenvalue weighted by atomic mass is 9.95. The van der Waals surface area contributed by atoms with Crippen molar-refractivity contribution in [3.8, 4) is 0 Å². The van der Waals surface area contributed by atoms with Crippen LogP contribution in [0.4, 0.5) is 11.4 Å². The van der Waals surface area contributed by atoms with Gasteiger partial charge in [-0.25, -0.2) is 9.59 Å². The van der Waals surface area contributed by atoms with Crippen molar-refractivity contribution in [2.75, 3.05) is 23.7 Å². The summed E-state index contributed by atoms with van der Waals surface area (Å²) in [5.41, 5.74) is 2.17. The van der Waals surface area contributed by atoms with Crippen LogP contribution in [-0.2, 0) is 14.3 Å². The topological polar surface area (TPSA) is 136 Å². The smallest absolute Gasteiger partial charge is 0.385 e. The van der Waals surface area contributed by atoms with Crippen LogP contribution in [0.25, 0.3) is 0 Å². The predicted molar refractivity (Wildman–Crippen MR) is 149 cm³/mol. The minimum Gasteiger partial charge on any atom is -0.385 e. The Balaban J connectivity index is 2.40. The van der Waals surface area contributed by atoms with Crippen molar-refractivity contribution in [1.29, 1.82) is 0 Å². The van der Waals surface area contributed by atoms with Gasteiger partial charge in [0.15, 0.2) is 11.6 Å². The first kappa shape index (κ1) is 31.1. The fraction of sp³-hybridized carbons (Fsp3) is 0.400. The van der Waals surface area contributed by atoms with Gasteiger partial charge in [-0.1, -0.05) is 13.8 Å². The molecule has 2 N–H and O–H groups in total. The van der Waals surface area contributed by atoms with E-state index in [1.807, 2.05) is 13.8 Å². The Hall–Kier alpha value is -4.14. The zero-order valence-electron chi connectivity index (χ0n) is 23.4. The molecule has 0 atom stereocenters. The molecular weight excluding hydrogens is 500 g/mol. The van der Waals surface area contributed by atoms with Gasteiger partial charge in [-0.15, -0.1) is 0 Å². The summed E-state index contributed by atoms with van der Waals surface area (Å²) >= 11 is 0. The lowest BCUT2D eigenvalue weighted by Gasteiger charge is -2.15. The van der Waals surface area contributed by atoms with Gasteiger partial charge < -0.3 is 15.4 Å². The number of aryl methyl sites for hydroxylation is 2. The summed E-state index contributed by atoms with van der Waals surface area (Å²) in [5.74, 6) is -5.82. The highest BCUT2D eigenvalue weighted by molar-refractivity contribution is 6.49. The molecule has 9 nitrogen and oxygen atoms in total. The molecule has 2 aromatic carbocycles. The Morgan fingerprint density at radius 1 is 0.590 bits per heavy atom. The number of ketones is 4. The predicted octanol–water partition coefficient (Wildman–Crippen LogP) is 5.27. The fourth-order valence-electron chi connectivity index (χ4n) is 4.19. The molecule has 9 heteroatoms. The normalized spacial score (nSPS) is 10.5. The average molecular weight is 537 g/mol. The summed E-state index contributed by atoms with van der Waals surface area (Å²) in [6.45, 7) is 11.6. The van der Waals surface area contributed by atoms with Crippen LogP contribution < -0.4 is 10.6 Å². The third-order valence-electron chi connectivity index (χ3n) is 6.06. The lowest BCUT2D eigenvalue weighted by Crippen LogP contribution is -2.28. The monoisotopic (exact) mass is 536 g/mol. The molecule has 0 saturated heterocycles. The molecule has 0 bridgehead atoms. The zero-order valence-corrected chi connectivity index (χ0v) is 23.4. The van der Waals surface area contributed by atoms with E-state index >= 15 is 0 Å². The van der Waals surface area contributed by atoms with Gasteiger partial charge in [-0.3, -0.25) is 19.2 Å². The SMILES string of the molecule is CCCC(=O)c1cc(C(=O)C(=O)OC(=O)C(=O)c2cc(C(=O)CCC)c(C)cc2NCC)c(NCC)cc1C. The molecule has 0 spiro atoms. The first-order chi connectivity index (χ1) is 18.5. The molecule has 208 valence electrons. The van der Waals surface area contributed by atoms with Gasteiger partial charge in [-0.2, -0.15) is 0 Å².